The van der Waals surface area contributed by atoms with Crippen molar-refractivity contribution in [2.45, 2.75) is 6.42 Å². The van der Waals surface area contributed by atoms with Gasteiger partial charge >= 0.3 is 0 Å². The molecule has 0 aromatic carbocycles. The van der Waals surface area contributed by atoms with Gasteiger partial charge in [0.25, 0.3) is 5.24 Å². The second-order valence-electron chi connectivity index (χ2n) is 1.31. The molecule has 0 rings (SSSR count). The topological polar surface area (TPSA) is 46.5 Å². The minimum absolute atomic E-state index is 0.00116. The van der Waals surface area contributed by atoms with Crippen LogP contribution in [0.1, 0.15) is 6.42 Å². The van der Waals surface area contributed by atoms with Crippen LogP contribution in [0.25, 0.3) is 0 Å². The van der Waals surface area contributed by atoms with Crippen molar-refractivity contribution in [2.75, 3.05) is 7.05 Å². The third kappa shape index (κ3) is 2.98. The molecule has 0 saturated carbocycles. The van der Waals surface area contributed by atoms with Crippen LogP contribution in [0.5, 0.6) is 0 Å². The van der Waals surface area contributed by atoms with E-state index in [1.54, 1.807) is 0 Å². The van der Waals surface area contributed by atoms with Crippen molar-refractivity contribution >= 4 is 28.8 Å². The Balaban J connectivity index is 4.00. The number of hydrogen-bond donors (Lipinski definition) is 0. The van der Waals surface area contributed by atoms with Gasteiger partial charge in [-0.3, -0.25) is 9.79 Å². The molecule has 50 valence electrons. The van der Waals surface area contributed by atoms with Gasteiger partial charge in [-0.2, -0.15) is 0 Å². The summed E-state index contributed by atoms with van der Waals surface area (Å²) in [5, 5.41) is -0.662. The summed E-state index contributed by atoms with van der Waals surface area (Å²) in [6, 6.07) is 0. The molecule has 0 radical (unpaired) electrons. The van der Waals surface area contributed by atoms with Crippen molar-refractivity contribution in [3.05, 3.63) is 0 Å². The summed E-state index contributed by atoms with van der Waals surface area (Å²) in [5.74, 6) is 0. The number of rotatable bonds is 3. The van der Waals surface area contributed by atoms with Crippen LogP contribution in [-0.2, 0) is 9.59 Å². The first kappa shape index (κ1) is 8.30. The van der Waals surface area contributed by atoms with E-state index in [1.165, 1.54) is 7.05 Å². The van der Waals surface area contributed by atoms with Gasteiger partial charge in [0.05, 0.1) is 6.42 Å². The smallest absolute Gasteiger partial charge is 0.266 e. The maximum absolute atomic E-state index is 10.2. The van der Waals surface area contributed by atoms with Crippen LogP contribution in [0, 0.1) is 0 Å². The molecule has 0 spiro atoms. The lowest BCUT2D eigenvalue weighted by Gasteiger charge is -1.88. The lowest BCUT2D eigenvalue weighted by molar-refractivity contribution is -0.109. The molecule has 0 heterocycles. The Morgan fingerprint density at radius 2 is 2.33 bits per heavy atom. The van der Waals surface area contributed by atoms with Crippen molar-refractivity contribution in [3.8, 4) is 0 Å². The predicted molar refractivity (Wildman–Crippen MR) is 34.9 cm³/mol. The summed E-state index contributed by atoms with van der Waals surface area (Å²) in [5.41, 5.74) is 0.103. The molecule has 3 nitrogen and oxygen atoms in total. The first-order valence-electron chi connectivity index (χ1n) is 2.31. The normalized spacial score (nSPS) is 11.1. The summed E-state index contributed by atoms with van der Waals surface area (Å²) >= 11 is 4.99. The molecule has 9 heavy (non-hydrogen) atoms. The minimum Gasteiger partial charge on any atom is -0.303 e. The Hall–Kier alpha value is -0.700. The third-order valence-corrected chi connectivity index (χ3v) is 0.992. The van der Waals surface area contributed by atoms with E-state index in [2.05, 4.69) is 4.99 Å². The first-order chi connectivity index (χ1) is 4.22. The molecule has 0 aromatic rings. The molecule has 0 fully saturated rings. The van der Waals surface area contributed by atoms with E-state index < -0.39 is 5.24 Å². The van der Waals surface area contributed by atoms with Crippen LogP contribution in [0.15, 0.2) is 4.99 Å². The average molecular weight is 148 g/mol. The number of aliphatic imine (C=N–C) groups is 1. The Morgan fingerprint density at radius 3 is 2.44 bits per heavy atom. The number of hydrogen-bond acceptors (Lipinski definition) is 3. The summed E-state index contributed by atoms with van der Waals surface area (Å²) in [7, 11) is 1.42. The second-order valence-corrected chi connectivity index (χ2v) is 1.66. The van der Waals surface area contributed by atoms with Crippen molar-refractivity contribution in [1.82, 2.24) is 0 Å². The van der Waals surface area contributed by atoms with Crippen LogP contribution in [0.2, 0.25) is 0 Å². The molecule has 0 saturated heterocycles. The van der Waals surface area contributed by atoms with Crippen LogP contribution in [-0.4, -0.2) is 24.3 Å². The Bertz CT molecular complexity index is 153. The Kier molecular flexibility index (Phi) is 3.88. The van der Waals surface area contributed by atoms with Crippen molar-refractivity contribution in [1.29, 1.82) is 0 Å². The predicted octanol–water partition coefficient (Wildman–Crippen LogP) is 0.412. The first-order valence-corrected chi connectivity index (χ1v) is 2.69. The van der Waals surface area contributed by atoms with E-state index in [0.717, 1.165) is 0 Å². The van der Waals surface area contributed by atoms with Crippen LogP contribution >= 0.6 is 11.6 Å². The Labute approximate surface area is 57.7 Å². The van der Waals surface area contributed by atoms with Gasteiger partial charge in [0.1, 0.15) is 12.0 Å². The zero-order valence-electron chi connectivity index (χ0n) is 4.93. The molecule has 0 aliphatic rings. The number of carbonyl (C=O) groups excluding carboxylic acids is 2. The van der Waals surface area contributed by atoms with E-state index in [9.17, 15) is 9.59 Å². The summed E-state index contributed by atoms with van der Waals surface area (Å²) in [6.07, 6.45) is 0.585. The lowest BCUT2D eigenvalue weighted by Crippen LogP contribution is -2.07. The standard InChI is InChI=1S/C5H6ClNO2/c1-7-4(2-3-8)5(6)9/h3H,2H2,1H3. The summed E-state index contributed by atoms with van der Waals surface area (Å²) in [4.78, 5) is 23.5. The molecule has 0 bridgehead atoms. The third-order valence-electron chi connectivity index (χ3n) is 0.773. The van der Waals surface area contributed by atoms with Crippen molar-refractivity contribution < 1.29 is 9.59 Å². The largest absolute Gasteiger partial charge is 0.303 e. The monoisotopic (exact) mass is 147 g/mol. The van der Waals surface area contributed by atoms with Crippen LogP contribution < -0.4 is 0 Å². The fourth-order valence-corrected chi connectivity index (χ4v) is 0.500. The number of nitrogens with zero attached hydrogens (tertiary/aromatic N) is 1. The highest BCUT2D eigenvalue weighted by molar-refractivity contribution is 6.82. The van der Waals surface area contributed by atoms with Gasteiger partial charge in [-0.25, -0.2) is 0 Å². The summed E-state index contributed by atoms with van der Waals surface area (Å²) < 4.78 is 0. The van der Waals surface area contributed by atoms with Gasteiger partial charge in [-0.05, 0) is 11.6 Å². The second kappa shape index (κ2) is 4.21. The highest BCUT2D eigenvalue weighted by Gasteiger charge is 2.04. The summed E-state index contributed by atoms with van der Waals surface area (Å²) in [6.45, 7) is 0. The molecule has 4 heteroatoms. The van der Waals surface area contributed by atoms with Crippen LogP contribution in [0.3, 0.4) is 0 Å². The number of aldehydes is 1. The van der Waals surface area contributed by atoms with Gasteiger partial charge in [-0.1, -0.05) is 0 Å². The lowest BCUT2D eigenvalue weighted by atomic mass is 10.3. The number of carbonyl (C=O) groups is 2. The molecular formula is C5H6ClNO2. The SMILES string of the molecule is CN=C(CC=O)C(=O)Cl. The van der Waals surface area contributed by atoms with Gasteiger partial charge < -0.3 is 4.79 Å². The Morgan fingerprint density at radius 1 is 1.78 bits per heavy atom. The molecule has 0 amide bonds. The van der Waals surface area contributed by atoms with E-state index in [-0.39, 0.29) is 12.1 Å². The molecule has 0 aliphatic carbocycles. The van der Waals surface area contributed by atoms with Gasteiger partial charge in [0.2, 0.25) is 0 Å². The molecule has 0 N–H and O–H groups in total. The highest BCUT2D eigenvalue weighted by Crippen LogP contribution is 1.89. The minimum atomic E-state index is -0.662. The van der Waals surface area contributed by atoms with E-state index in [1.807, 2.05) is 0 Å². The van der Waals surface area contributed by atoms with Gasteiger partial charge in [0, 0.05) is 7.05 Å². The molecule has 0 unspecified atom stereocenters. The van der Waals surface area contributed by atoms with E-state index >= 15 is 0 Å². The molecular weight excluding hydrogens is 142 g/mol. The highest BCUT2D eigenvalue weighted by atomic mass is 35.5. The van der Waals surface area contributed by atoms with Crippen molar-refractivity contribution in [2.24, 2.45) is 4.99 Å². The maximum atomic E-state index is 10.2. The van der Waals surface area contributed by atoms with Gasteiger partial charge in [-0.15, -0.1) is 0 Å². The van der Waals surface area contributed by atoms with Crippen LogP contribution in [0.4, 0.5) is 0 Å². The quantitative estimate of drug-likeness (QED) is 0.330. The van der Waals surface area contributed by atoms with E-state index in [4.69, 9.17) is 11.6 Å². The molecule has 0 atom stereocenters. The van der Waals surface area contributed by atoms with E-state index in [0.29, 0.717) is 6.29 Å². The van der Waals surface area contributed by atoms with Gasteiger partial charge in [0.15, 0.2) is 0 Å². The zero-order valence-corrected chi connectivity index (χ0v) is 5.68. The average Bonchev–Trinajstić information content (AvgIpc) is 1.82. The molecule has 0 aromatic heterocycles. The zero-order chi connectivity index (χ0) is 7.28. The van der Waals surface area contributed by atoms with Crippen molar-refractivity contribution in [3.63, 3.8) is 0 Å². The number of halogens is 1. The molecule has 0 aliphatic heterocycles. The fraction of sp³-hybridized carbons (Fsp3) is 0.400. The maximum Gasteiger partial charge on any atom is 0.266 e. The fourth-order valence-electron chi connectivity index (χ4n) is 0.338.